The van der Waals surface area contributed by atoms with E-state index in [4.69, 9.17) is 4.98 Å². The molecule has 1 N–H and O–H groups in total. The molecule has 0 saturated heterocycles. The molecule has 0 radical (unpaired) electrons. The molecule has 1 aromatic carbocycles. The van der Waals surface area contributed by atoms with Crippen molar-refractivity contribution in [3.05, 3.63) is 78.4 Å². The molecule has 6 heteroatoms. The summed E-state index contributed by atoms with van der Waals surface area (Å²) in [5.41, 5.74) is 7.20. The average Bonchev–Trinajstić information content (AvgIpc) is 3.26. The first-order valence-electron chi connectivity index (χ1n) is 9.72. The second-order valence-electron chi connectivity index (χ2n) is 7.34. The summed E-state index contributed by atoms with van der Waals surface area (Å²) in [5.74, 6) is 0.891. The number of pyridine rings is 2. The van der Waals surface area contributed by atoms with Crippen molar-refractivity contribution in [3.63, 3.8) is 0 Å². The quantitative estimate of drug-likeness (QED) is 0.500. The highest BCUT2D eigenvalue weighted by molar-refractivity contribution is 5.88. The number of hydrogen-bond acceptors (Lipinski definition) is 5. The minimum absolute atomic E-state index is 0.832. The van der Waals surface area contributed by atoms with Gasteiger partial charge in [0.25, 0.3) is 0 Å². The molecular formula is C23H18N6. The first-order chi connectivity index (χ1) is 14.3. The van der Waals surface area contributed by atoms with Crippen LogP contribution in [0.15, 0.2) is 67.3 Å². The highest BCUT2D eigenvalue weighted by Crippen LogP contribution is 2.29. The van der Waals surface area contributed by atoms with Crippen LogP contribution in [0, 0.1) is 0 Å². The van der Waals surface area contributed by atoms with Crippen LogP contribution in [-0.2, 0) is 13.0 Å². The molecule has 5 aromatic rings. The van der Waals surface area contributed by atoms with Gasteiger partial charge in [0.15, 0.2) is 5.82 Å². The maximum atomic E-state index is 4.95. The van der Waals surface area contributed by atoms with Gasteiger partial charge < -0.3 is 9.88 Å². The molecule has 4 aromatic heterocycles. The summed E-state index contributed by atoms with van der Waals surface area (Å²) >= 11 is 0. The van der Waals surface area contributed by atoms with Gasteiger partial charge in [0.05, 0.1) is 11.2 Å². The summed E-state index contributed by atoms with van der Waals surface area (Å²) in [6, 6.07) is 16.8. The number of nitrogens with one attached hydrogen (secondary N) is 1. The van der Waals surface area contributed by atoms with E-state index in [1.807, 2.05) is 30.6 Å². The molecule has 6 nitrogen and oxygen atoms in total. The minimum atomic E-state index is 0.832. The van der Waals surface area contributed by atoms with E-state index in [2.05, 4.69) is 55.2 Å². The summed E-state index contributed by atoms with van der Waals surface area (Å²) in [5, 5.41) is 1.07. The van der Waals surface area contributed by atoms with Gasteiger partial charge in [0.2, 0.25) is 0 Å². The highest BCUT2D eigenvalue weighted by atomic mass is 15.2. The number of rotatable bonds is 2. The van der Waals surface area contributed by atoms with E-state index in [1.54, 1.807) is 6.33 Å². The Balaban J connectivity index is 1.45. The van der Waals surface area contributed by atoms with Crippen LogP contribution in [0.5, 0.6) is 0 Å². The number of anilines is 1. The molecule has 0 amide bonds. The molecule has 0 aliphatic carbocycles. The lowest BCUT2D eigenvalue weighted by Crippen LogP contribution is -2.31. The Morgan fingerprint density at radius 1 is 0.931 bits per heavy atom. The molecule has 0 atom stereocenters. The first kappa shape index (κ1) is 16.2. The summed E-state index contributed by atoms with van der Waals surface area (Å²) < 4.78 is 0. The van der Waals surface area contributed by atoms with E-state index in [0.717, 1.165) is 58.7 Å². The monoisotopic (exact) mass is 378 g/mol. The molecule has 0 fully saturated rings. The van der Waals surface area contributed by atoms with Gasteiger partial charge in [0.1, 0.15) is 17.5 Å². The average molecular weight is 378 g/mol. The van der Waals surface area contributed by atoms with E-state index in [1.165, 1.54) is 11.1 Å². The van der Waals surface area contributed by atoms with Gasteiger partial charge >= 0.3 is 0 Å². The summed E-state index contributed by atoms with van der Waals surface area (Å²) in [4.78, 5) is 23.9. The molecule has 6 rings (SSSR count). The van der Waals surface area contributed by atoms with E-state index in [9.17, 15) is 0 Å². The van der Waals surface area contributed by atoms with Crippen LogP contribution in [0.2, 0.25) is 0 Å². The van der Waals surface area contributed by atoms with E-state index in [-0.39, 0.29) is 0 Å². The van der Waals surface area contributed by atoms with Crippen molar-refractivity contribution in [1.29, 1.82) is 0 Å². The second kappa shape index (κ2) is 6.38. The van der Waals surface area contributed by atoms with Crippen molar-refractivity contribution in [1.82, 2.24) is 24.9 Å². The van der Waals surface area contributed by atoms with E-state index in [0.29, 0.717) is 0 Å². The van der Waals surface area contributed by atoms with Gasteiger partial charge in [-0.05, 0) is 41.8 Å². The third-order valence-electron chi connectivity index (χ3n) is 5.59. The topological polar surface area (TPSA) is 70.6 Å². The van der Waals surface area contributed by atoms with Crippen LogP contribution >= 0.6 is 0 Å². The fourth-order valence-corrected chi connectivity index (χ4v) is 4.08. The fraction of sp³-hybridized carbons (Fsp3) is 0.130. The maximum Gasteiger partial charge on any atom is 0.158 e. The normalized spacial score (nSPS) is 13.7. The van der Waals surface area contributed by atoms with Crippen molar-refractivity contribution in [2.75, 3.05) is 11.4 Å². The zero-order valence-electron chi connectivity index (χ0n) is 15.7. The van der Waals surface area contributed by atoms with Gasteiger partial charge in [0, 0.05) is 36.4 Å². The number of benzene rings is 1. The minimum Gasteiger partial charge on any atom is -0.350 e. The third-order valence-corrected chi connectivity index (χ3v) is 5.59. The number of hydrogen-bond donors (Lipinski definition) is 1. The van der Waals surface area contributed by atoms with Crippen LogP contribution in [-0.4, -0.2) is 31.5 Å². The Kier molecular flexibility index (Phi) is 3.56. The second-order valence-corrected chi connectivity index (χ2v) is 7.34. The number of nitrogens with zero attached hydrogens (tertiary/aromatic N) is 5. The fourth-order valence-electron chi connectivity index (χ4n) is 4.08. The standard InChI is InChI=1S/C23H18N6/c1-2-4-17-13-29(10-8-15(17)3-1)23-21-20(26-14-27-23)6-5-19(28-21)18-11-16-7-9-24-22(16)25-12-18/h1-7,9,11-12,14H,8,10,13H2,(H,24,25). The van der Waals surface area contributed by atoms with Crippen molar-refractivity contribution in [2.45, 2.75) is 13.0 Å². The lowest BCUT2D eigenvalue weighted by Gasteiger charge is -2.30. The number of fused-ring (bicyclic) bond motifs is 3. The number of H-pyrrole nitrogens is 1. The maximum absolute atomic E-state index is 4.95. The van der Waals surface area contributed by atoms with Gasteiger partial charge in [-0.1, -0.05) is 24.3 Å². The summed E-state index contributed by atoms with van der Waals surface area (Å²) in [6.45, 7) is 1.76. The van der Waals surface area contributed by atoms with Crippen molar-refractivity contribution in [3.8, 4) is 11.3 Å². The van der Waals surface area contributed by atoms with Gasteiger partial charge in [-0.2, -0.15) is 0 Å². The molecule has 0 unspecified atom stereocenters. The van der Waals surface area contributed by atoms with E-state index >= 15 is 0 Å². The Hall–Kier alpha value is -3.80. The SMILES string of the molecule is c1ccc2c(c1)CCN(c1ncnc3ccc(-c4cnc5[nH]ccc5c4)nc13)C2. The molecule has 0 bridgehead atoms. The lowest BCUT2D eigenvalue weighted by atomic mass is 10.00. The van der Waals surface area contributed by atoms with Crippen molar-refractivity contribution in [2.24, 2.45) is 0 Å². The smallest absolute Gasteiger partial charge is 0.158 e. The molecule has 0 saturated carbocycles. The zero-order chi connectivity index (χ0) is 19.2. The van der Waals surface area contributed by atoms with Gasteiger partial charge in [-0.15, -0.1) is 0 Å². The van der Waals surface area contributed by atoms with Crippen LogP contribution < -0.4 is 4.90 Å². The molecule has 5 heterocycles. The van der Waals surface area contributed by atoms with Crippen LogP contribution in [0.3, 0.4) is 0 Å². The Morgan fingerprint density at radius 2 is 1.86 bits per heavy atom. The molecule has 0 spiro atoms. The Labute approximate surface area is 167 Å². The van der Waals surface area contributed by atoms with Gasteiger partial charge in [-0.25, -0.2) is 19.9 Å². The van der Waals surface area contributed by atoms with E-state index < -0.39 is 0 Å². The summed E-state index contributed by atoms with van der Waals surface area (Å²) in [6.07, 6.45) is 6.39. The lowest BCUT2D eigenvalue weighted by molar-refractivity contribution is 0.722. The third kappa shape index (κ3) is 2.72. The largest absolute Gasteiger partial charge is 0.350 e. The summed E-state index contributed by atoms with van der Waals surface area (Å²) in [7, 11) is 0. The predicted octanol–water partition coefficient (Wildman–Crippen LogP) is 4.13. The molecule has 29 heavy (non-hydrogen) atoms. The highest BCUT2D eigenvalue weighted by Gasteiger charge is 2.20. The van der Waals surface area contributed by atoms with Crippen LogP contribution in [0.25, 0.3) is 33.3 Å². The van der Waals surface area contributed by atoms with Gasteiger partial charge in [-0.3, -0.25) is 0 Å². The van der Waals surface area contributed by atoms with Crippen molar-refractivity contribution < 1.29 is 0 Å². The zero-order valence-corrected chi connectivity index (χ0v) is 15.7. The predicted molar refractivity (Wildman–Crippen MR) is 114 cm³/mol. The molecule has 140 valence electrons. The molecule has 1 aliphatic heterocycles. The Morgan fingerprint density at radius 3 is 2.83 bits per heavy atom. The first-order valence-corrected chi connectivity index (χ1v) is 9.72. The number of aromatic amines is 1. The molecule has 1 aliphatic rings. The Bertz CT molecular complexity index is 1360. The molecular weight excluding hydrogens is 360 g/mol. The number of aromatic nitrogens is 5. The van der Waals surface area contributed by atoms with Crippen LogP contribution in [0.1, 0.15) is 11.1 Å². The van der Waals surface area contributed by atoms with Crippen LogP contribution in [0.4, 0.5) is 5.82 Å². The van der Waals surface area contributed by atoms with Crippen molar-refractivity contribution >= 4 is 27.9 Å².